The molecule has 1 aromatic heterocycles. The van der Waals surface area contributed by atoms with E-state index < -0.39 is 11.9 Å². The van der Waals surface area contributed by atoms with Crippen molar-refractivity contribution < 1.29 is 4.79 Å². The summed E-state index contributed by atoms with van der Waals surface area (Å²) in [6, 6.07) is 21.5. The molecule has 5 heteroatoms. The molecule has 3 aromatic rings. The average molecular weight is 372 g/mol. The van der Waals surface area contributed by atoms with Gasteiger partial charge in [-0.25, -0.2) is 0 Å². The Morgan fingerprint density at radius 2 is 1.71 bits per heavy atom. The number of aliphatic imine (C=N–C) groups is 1. The number of nitrogens with two attached hydrogens (primary N) is 1. The van der Waals surface area contributed by atoms with Crippen LogP contribution in [0.15, 0.2) is 77.9 Å². The second-order valence-corrected chi connectivity index (χ2v) is 7.18. The van der Waals surface area contributed by atoms with Crippen LogP contribution < -0.4 is 5.73 Å². The normalized spacial score (nSPS) is 16.8. The van der Waals surface area contributed by atoms with E-state index >= 15 is 0 Å². The molecule has 2 atom stereocenters. The maximum Gasteiger partial charge on any atom is 0.242 e. The molecule has 4 rings (SSSR count). The minimum atomic E-state index is -0.601. The lowest BCUT2D eigenvalue weighted by Crippen LogP contribution is -2.32. The van der Waals surface area contributed by atoms with Gasteiger partial charge in [0.2, 0.25) is 5.91 Å². The van der Waals surface area contributed by atoms with E-state index in [1.54, 1.807) is 0 Å². The highest BCUT2D eigenvalue weighted by Gasteiger charge is 2.26. The fraction of sp³-hybridized carbons (Fsp3) is 0.261. The lowest BCUT2D eigenvalue weighted by atomic mass is 9.96. The number of hydrogen-bond acceptors (Lipinski definition) is 3. The first kappa shape index (κ1) is 18.2. The summed E-state index contributed by atoms with van der Waals surface area (Å²) in [5.41, 5.74) is 9.74. The summed E-state index contributed by atoms with van der Waals surface area (Å²) < 4.78 is 2.04. The van der Waals surface area contributed by atoms with Crippen molar-refractivity contribution in [3.05, 3.63) is 89.7 Å². The number of aromatic nitrogens is 2. The first-order valence-electron chi connectivity index (χ1n) is 9.72. The molecular weight excluding hydrogens is 348 g/mol. The van der Waals surface area contributed by atoms with Crippen LogP contribution in [0, 0.1) is 0 Å². The average Bonchev–Trinajstić information content (AvgIpc) is 3.22. The Bertz CT molecular complexity index is 921. The van der Waals surface area contributed by atoms with Crippen molar-refractivity contribution in [2.24, 2.45) is 10.7 Å². The van der Waals surface area contributed by atoms with Crippen molar-refractivity contribution in [2.75, 3.05) is 0 Å². The molecule has 142 valence electrons. The first-order chi connectivity index (χ1) is 13.7. The van der Waals surface area contributed by atoms with Gasteiger partial charge in [-0.15, -0.1) is 0 Å². The number of aryl methyl sites for hydroxylation is 1. The fourth-order valence-electron chi connectivity index (χ4n) is 3.88. The number of carbonyl (C=O) groups is 1. The van der Waals surface area contributed by atoms with Crippen LogP contribution in [0.3, 0.4) is 0 Å². The monoisotopic (exact) mass is 372 g/mol. The fourth-order valence-corrected chi connectivity index (χ4v) is 3.88. The molecule has 1 aliphatic rings. The van der Waals surface area contributed by atoms with Gasteiger partial charge in [0.05, 0.1) is 11.8 Å². The molecule has 0 bridgehead atoms. The maximum absolute atomic E-state index is 12.3. The molecule has 28 heavy (non-hydrogen) atoms. The summed E-state index contributed by atoms with van der Waals surface area (Å²) in [4.78, 5) is 17.2. The minimum Gasteiger partial charge on any atom is -0.368 e. The van der Waals surface area contributed by atoms with Gasteiger partial charge in [-0.3, -0.25) is 14.5 Å². The van der Waals surface area contributed by atoms with Gasteiger partial charge in [-0.1, -0.05) is 60.7 Å². The molecule has 1 aliphatic heterocycles. The summed E-state index contributed by atoms with van der Waals surface area (Å²) in [7, 11) is 0. The zero-order valence-corrected chi connectivity index (χ0v) is 15.7. The minimum absolute atomic E-state index is 0.146. The molecule has 2 N–H and O–H groups in total. The second-order valence-electron chi connectivity index (χ2n) is 7.18. The van der Waals surface area contributed by atoms with Crippen LogP contribution in [-0.4, -0.2) is 27.4 Å². The summed E-state index contributed by atoms with van der Waals surface area (Å²) >= 11 is 0. The van der Waals surface area contributed by atoms with E-state index in [0.29, 0.717) is 6.42 Å². The lowest BCUT2D eigenvalue weighted by molar-refractivity contribution is -0.119. The Labute approximate surface area is 164 Å². The Balaban J connectivity index is 1.70. The van der Waals surface area contributed by atoms with E-state index in [1.807, 2.05) is 77.6 Å². The standard InChI is InChI=1S/C23H24N4O/c24-23(28)21(16-20-13-7-12-19-14-15-25-27(19)20)26-22(17-8-3-1-4-9-17)18-10-5-2-6-11-18/h1-6,8-11,14-15,20-21H,7,12-13,16H2,(H2,24,28). The predicted octanol–water partition coefficient (Wildman–Crippen LogP) is 3.54. The van der Waals surface area contributed by atoms with Crippen LogP contribution in [0.25, 0.3) is 0 Å². The largest absolute Gasteiger partial charge is 0.368 e. The van der Waals surface area contributed by atoms with Gasteiger partial charge >= 0.3 is 0 Å². The maximum atomic E-state index is 12.3. The number of fused-ring (bicyclic) bond motifs is 1. The van der Waals surface area contributed by atoms with Crippen LogP contribution in [0.5, 0.6) is 0 Å². The van der Waals surface area contributed by atoms with Crippen molar-refractivity contribution in [3.8, 4) is 0 Å². The molecule has 2 aromatic carbocycles. The number of hydrogen-bond donors (Lipinski definition) is 1. The predicted molar refractivity (Wildman–Crippen MR) is 110 cm³/mol. The molecular formula is C23H24N4O. The Morgan fingerprint density at radius 1 is 1.07 bits per heavy atom. The highest BCUT2D eigenvalue weighted by atomic mass is 16.1. The Morgan fingerprint density at radius 3 is 2.32 bits per heavy atom. The molecule has 2 unspecified atom stereocenters. The van der Waals surface area contributed by atoms with Crippen LogP contribution in [0.1, 0.15) is 42.1 Å². The van der Waals surface area contributed by atoms with Gasteiger partial charge in [-0.2, -0.15) is 5.10 Å². The molecule has 0 radical (unpaired) electrons. The molecule has 5 nitrogen and oxygen atoms in total. The van der Waals surface area contributed by atoms with Crippen LogP contribution >= 0.6 is 0 Å². The van der Waals surface area contributed by atoms with Crippen LogP contribution in [-0.2, 0) is 11.2 Å². The third-order valence-electron chi connectivity index (χ3n) is 5.27. The van der Waals surface area contributed by atoms with E-state index in [1.165, 1.54) is 5.69 Å². The number of nitrogens with zero attached hydrogens (tertiary/aromatic N) is 3. The molecule has 0 fully saturated rings. The highest BCUT2D eigenvalue weighted by molar-refractivity contribution is 6.13. The number of amides is 1. The quantitative estimate of drug-likeness (QED) is 0.672. The Hall–Kier alpha value is -3.21. The van der Waals surface area contributed by atoms with E-state index in [9.17, 15) is 4.79 Å². The van der Waals surface area contributed by atoms with Crippen molar-refractivity contribution in [1.82, 2.24) is 9.78 Å². The van der Waals surface area contributed by atoms with E-state index in [0.717, 1.165) is 36.1 Å². The van der Waals surface area contributed by atoms with Gasteiger partial charge in [0, 0.05) is 29.4 Å². The highest BCUT2D eigenvalue weighted by Crippen LogP contribution is 2.28. The lowest BCUT2D eigenvalue weighted by Gasteiger charge is -2.26. The first-order valence-corrected chi connectivity index (χ1v) is 9.72. The SMILES string of the molecule is NC(=O)C(CC1CCCc2ccnn21)N=C(c1ccccc1)c1ccccc1. The van der Waals surface area contributed by atoms with Crippen LogP contribution in [0.4, 0.5) is 0 Å². The summed E-state index contributed by atoms with van der Waals surface area (Å²) in [5, 5.41) is 4.46. The zero-order valence-electron chi connectivity index (χ0n) is 15.7. The number of primary amides is 1. The van der Waals surface area contributed by atoms with Crippen molar-refractivity contribution in [3.63, 3.8) is 0 Å². The zero-order chi connectivity index (χ0) is 19.3. The third kappa shape index (κ3) is 3.88. The van der Waals surface area contributed by atoms with Gasteiger partial charge in [0.25, 0.3) is 0 Å². The molecule has 0 saturated carbocycles. The van der Waals surface area contributed by atoms with Gasteiger partial charge in [-0.05, 0) is 25.3 Å². The smallest absolute Gasteiger partial charge is 0.242 e. The summed E-state index contributed by atoms with van der Waals surface area (Å²) in [5.74, 6) is -0.399. The molecule has 1 amide bonds. The van der Waals surface area contributed by atoms with Crippen molar-refractivity contribution in [2.45, 2.75) is 37.8 Å². The summed E-state index contributed by atoms with van der Waals surface area (Å²) in [6.07, 6.45) is 5.50. The van der Waals surface area contributed by atoms with E-state index in [2.05, 4.69) is 5.10 Å². The van der Waals surface area contributed by atoms with Gasteiger partial charge in [0.15, 0.2) is 0 Å². The van der Waals surface area contributed by atoms with Crippen molar-refractivity contribution in [1.29, 1.82) is 0 Å². The third-order valence-corrected chi connectivity index (χ3v) is 5.27. The number of benzene rings is 2. The summed E-state index contributed by atoms with van der Waals surface area (Å²) in [6.45, 7) is 0. The Kier molecular flexibility index (Phi) is 5.33. The van der Waals surface area contributed by atoms with Crippen molar-refractivity contribution >= 4 is 11.6 Å². The van der Waals surface area contributed by atoms with Gasteiger partial charge in [0.1, 0.15) is 6.04 Å². The molecule has 0 aliphatic carbocycles. The number of carbonyl (C=O) groups excluding carboxylic acids is 1. The molecule has 2 heterocycles. The van der Waals surface area contributed by atoms with Crippen LogP contribution in [0.2, 0.25) is 0 Å². The molecule has 0 saturated heterocycles. The topological polar surface area (TPSA) is 73.3 Å². The van der Waals surface area contributed by atoms with E-state index in [-0.39, 0.29) is 6.04 Å². The second kappa shape index (κ2) is 8.21. The van der Waals surface area contributed by atoms with E-state index in [4.69, 9.17) is 10.7 Å². The molecule has 0 spiro atoms. The number of rotatable bonds is 6. The van der Waals surface area contributed by atoms with Gasteiger partial charge < -0.3 is 5.73 Å².